The highest BCUT2D eigenvalue weighted by atomic mass is 16.2. The maximum absolute atomic E-state index is 13.6. The summed E-state index contributed by atoms with van der Waals surface area (Å²) in [6.07, 6.45) is 6.29. The molecule has 3 aromatic carbocycles. The second-order valence-corrected chi connectivity index (χ2v) is 9.24. The van der Waals surface area contributed by atoms with Gasteiger partial charge < -0.3 is 9.80 Å². The average Bonchev–Trinajstić information content (AvgIpc) is 3.05. The van der Waals surface area contributed by atoms with Gasteiger partial charge in [0.25, 0.3) is 5.91 Å². The van der Waals surface area contributed by atoms with Crippen molar-refractivity contribution in [2.24, 2.45) is 5.92 Å². The summed E-state index contributed by atoms with van der Waals surface area (Å²) >= 11 is 0. The van der Waals surface area contributed by atoms with Crippen LogP contribution in [0, 0.1) is 5.92 Å². The van der Waals surface area contributed by atoms with Gasteiger partial charge in [0, 0.05) is 29.9 Å². The predicted molar refractivity (Wildman–Crippen MR) is 133 cm³/mol. The zero-order chi connectivity index (χ0) is 22.8. The second-order valence-electron chi connectivity index (χ2n) is 9.24. The topological polar surface area (TPSA) is 40.6 Å². The highest BCUT2D eigenvalue weighted by Crippen LogP contribution is 2.32. The summed E-state index contributed by atoms with van der Waals surface area (Å²) in [5, 5.41) is 0. The van der Waals surface area contributed by atoms with Gasteiger partial charge in [-0.15, -0.1) is 0 Å². The van der Waals surface area contributed by atoms with Gasteiger partial charge in [0.05, 0.1) is 6.54 Å². The lowest BCUT2D eigenvalue weighted by Crippen LogP contribution is -2.34. The molecule has 2 amide bonds. The van der Waals surface area contributed by atoms with Crippen LogP contribution in [0.25, 0.3) is 0 Å². The summed E-state index contributed by atoms with van der Waals surface area (Å²) in [7, 11) is 1.84. The molecule has 1 saturated carbocycles. The third-order valence-corrected chi connectivity index (χ3v) is 7.14. The lowest BCUT2D eigenvalue weighted by atomic mass is 9.88. The van der Waals surface area contributed by atoms with Crippen LogP contribution >= 0.6 is 0 Å². The lowest BCUT2D eigenvalue weighted by molar-refractivity contribution is -0.123. The first kappa shape index (κ1) is 21.4. The first-order valence-corrected chi connectivity index (χ1v) is 12.0. The molecule has 5 rings (SSSR count). The Morgan fingerprint density at radius 2 is 1.42 bits per heavy atom. The summed E-state index contributed by atoms with van der Waals surface area (Å²) in [4.78, 5) is 30.2. The van der Waals surface area contributed by atoms with E-state index < -0.39 is 0 Å². The van der Waals surface area contributed by atoms with Crippen LogP contribution in [0.1, 0.15) is 59.2 Å². The molecular weight excluding hydrogens is 408 g/mol. The molecule has 2 aliphatic rings. The molecule has 4 nitrogen and oxygen atoms in total. The standard InChI is InChI=1S/C29H30N2O2/c1-30(28(32)21-9-3-2-4-10-21)26-17-15-22(16-18-26)29(33)31-20-25-13-6-5-11-23(25)19-24-12-7-8-14-27(24)31/h5-8,11-18,21H,2-4,9-10,19-20H2,1H3. The van der Waals surface area contributed by atoms with Crippen molar-refractivity contribution in [3.8, 4) is 0 Å². The fraction of sp³-hybridized carbons (Fsp3) is 0.310. The van der Waals surface area contributed by atoms with Crippen LogP contribution < -0.4 is 9.80 Å². The molecular formula is C29H30N2O2. The van der Waals surface area contributed by atoms with E-state index in [1.54, 1.807) is 4.90 Å². The average molecular weight is 439 g/mol. The molecule has 1 aliphatic carbocycles. The number of benzene rings is 3. The van der Waals surface area contributed by atoms with Crippen molar-refractivity contribution in [1.29, 1.82) is 0 Å². The molecule has 0 unspecified atom stereocenters. The molecule has 4 heteroatoms. The highest BCUT2D eigenvalue weighted by molar-refractivity contribution is 6.07. The van der Waals surface area contributed by atoms with Gasteiger partial charge in [-0.25, -0.2) is 0 Å². The molecule has 33 heavy (non-hydrogen) atoms. The van der Waals surface area contributed by atoms with E-state index >= 15 is 0 Å². The minimum atomic E-state index is -0.0213. The zero-order valence-electron chi connectivity index (χ0n) is 19.2. The fourth-order valence-corrected chi connectivity index (χ4v) is 5.18. The van der Waals surface area contributed by atoms with E-state index in [0.29, 0.717) is 12.1 Å². The smallest absolute Gasteiger partial charge is 0.258 e. The third kappa shape index (κ3) is 4.30. The van der Waals surface area contributed by atoms with Gasteiger partial charge in [0.1, 0.15) is 0 Å². The van der Waals surface area contributed by atoms with Crippen molar-refractivity contribution < 1.29 is 9.59 Å². The Kier molecular flexibility index (Phi) is 5.99. The van der Waals surface area contributed by atoms with Crippen LogP contribution in [-0.2, 0) is 17.8 Å². The van der Waals surface area contributed by atoms with E-state index in [4.69, 9.17) is 0 Å². The van der Waals surface area contributed by atoms with E-state index in [0.717, 1.165) is 49.0 Å². The Morgan fingerprint density at radius 3 is 2.15 bits per heavy atom. The summed E-state index contributed by atoms with van der Waals surface area (Å²) < 4.78 is 0. The number of hydrogen-bond acceptors (Lipinski definition) is 2. The molecule has 1 aliphatic heterocycles. The minimum Gasteiger partial charge on any atom is -0.315 e. The highest BCUT2D eigenvalue weighted by Gasteiger charge is 2.26. The van der Waals surface area contributed by atoms with Crippen LogP contribution in [0.15, 0.2) is 72.8 Å². The molecule has 1 heterocycles. The Bertz CT molecular complexity index is 1160. The number of carbonyl (C=O) groups is 2. The number of rotatable bonds is 3. The van der Waals surface area contributed by atoms with E-state index in [9.17, 15) is 9.59 Å². The number of hydrogen-bond donors (Lipinski definition) is 0. The lowest BCUT2D eigenvalue weighted by Gasteiger charge is -2.27. The van der Waals surface area contributed by atoms with Gasteiger partial charge in [-0.2, -0.15) is 0 Å². The molecule has 0 radical (unpaired) electrons. The van der Waals surface area contributed by atoms with Crippen LogP contribution in [0.5, 0.6) is 0 Å². The van der Waals surface area contributed by atoms with Crippen molar-refractivity contribution in [1.82, 2.24) is 0 Å². The largest absolute Gasteiger partial charge is 0.315 e. The first-order chi connectivity index (χ1) is 16.1. The molecule has 0 N–H and O–H groups in total. The minimum absolute atomic E-state index is 0.0213. The van der Waals surface area contributed by atoms with Gasteiger partial charge in [-0.1, -0.05) is 61.7 Å². The van der Waals surface area contributed by atoms with E-state index in [2.05, 4.69) is 24.3 Å². The zero-order valence-corrected chi connectivity index (χ0v) is 19.2. The molecule has 0 atom stereocenters. The van der Waals surface area contributed by atoms with Gasteiger partial charge in [0.2, 0.25) is 5.91 Å². The molecule has 0 saturated heterocycles. The number of fused-ring (bicyclic) bond motifs is 2. The van der Waals surface area contributed by atoms with Crippen molar-refractivity contribution in [3.63, 3.8) is 0 Å². The van der Waals surface area contributed by atoms with Crippen molar-refractivity contribution in [2.75, 3.05) is 16.8 Å². The Morgan fingerprint density at radius 1 is 0.788 bits per heavy atom. The second kappa shape index (κ2) is 9.22. The van der Waals surface area contributed by atoms with Gasteiger partial charge in [-0.3, -0.25) is 9.59 Å². The Labute approximate surface area is 195 Å². The van der Waals surface area contributed by atoms with Crippen LogP contribution in [0.4, 0.5) is 11.4 Å². The number of carbonyl (C=O) groups excluding carboxylic acids is 2. The van der Waals surface area contributed by atoms with E-state index in [-0.39, 0.29) is 17.7 Å². The summed E-state index contributed by atoms with van der Waals surface area (Å²) in [5.41, 5.74) is 6.03. The Balaban J connectivity index is 1.39. The third-order valence-electron chi connectivity index (χ3n) is 7.14. The number of anilines is 2. The van der Waals surface area contributed by atoms with Crippen molar-refractivity contribution in [3.05, 3.63) is 95.1 Å². The Hall–Kier alpha value is -3.40. The molecule has 168 valence electrons. The van der Waals surface area contributed by atoms with Crippen molar-refractivity contribution in [2.45, 2.75) is 45.1 Å². The van der Waals surface area contributed by atoms with Crippen LogP contribution in [-0.4, -0.2) is 18.9 Å². The normalized spacial score (nSPS) is 15.8. The van der Waals surface area contributed by atoms with E-state index in [1.807, 2.05) is 60.5 Å². The van der Waals surface area contributed by atoms with Gasteiger partial charge >= 0.3 is 0 Å². The summed E-state index contributed by atoms with van der Waals surface area (Å²) in [6.45, 7) is 0.549. The summed E-state index contributed by atoms with van der Waals surface area (Å²) in [6, 6.07) is 24.0. The quantitative estimate of drug-likeness (QED) is 0.505. The summed E-state index contributed by atoms with van der Waals surface area (Å²) in [5.74, 6) is 0.289. The number of nitrogens with zero attached hydrogens (tertiary/aromatic N) is 2. The molecule has 0 bridgehead atoms. The number of amides is 2. The van der Waals surface area contributed by atoms with Gasteiger partial charge in [0.15, 0.2) is 0 Å². The van der Waals surface area contributed by atoms with Crippen molar-refractivity contribution >= 4 is 23.2 Å². The monoisotopic (exact) mass is 438 g/mol. The van der Waals surface area contributed by atoms with Crippen LogP contribution in [0.3, 0.4) is 0 Å². The first-order valence-electron chi connectivity index (χ1n) is 12.0. The fourth-order valence-electron chi connectivity index (χ4n) is 5.18. The van der Waals surface area contributed by atoms with E-state index in [1.165, 1.54) is 17.5 Å². The maximum Gasteiger partial charge on any atom is 0.258 e. The molecule has 0 aromatic heterocycles. The van der Waals surface area contributed by atoms with Gasteiger partial charge in [-0.05, 0) is 66.3 Å². The number of para-hydroxylation sites is 1. The van der Waals surface area contributed by atoms with Crippen LogP contribution in [0.2, 0.25) is 0 Å². The molecule has 1 fully saturated rings. The predicted octanol–water partition coefficient (Wildman–Crippen LogP) is 5.98. The molecule has 0 spiro atoms. The SMILES string of the molecule is CN(C(=O)C1CCCCC1)c1ccc(C(=O)N2Cc3ccccc3Cc3ccccc32)cc1. The maximum atomic E-state index is 13.6. The molecule has 3 aromatic rings.